The molecular weight excluding hydrogens is 250 g/mol. The van der Waals surface area contributed by atoms with E-state index < -0.39 is 0 Å². The Morgan fingerprint density at radius 1 is 1.10 bits per heavy atom. The number of para-hydroxylation sites is 1. The summed E-state index contributed by atoms with van der Waals surface area (Å²) in [5, 5.41) is 8.39. The molecule has 0 spiro atoms. The van der Waals surface area contributed by atoms with Gasteiger partial charge in [-0.3, -0.25) is 0 Å². The second-order valence-electron chi connectivity index (χ2n) is 4.14. The fourth-order valence-electron chi connectivity index (χ4n) is 1.70. The van der Waals surface area contributed by atoms with Crippen LogP contribution in [0.3, 0.4) is 0 Å². The number of amides is 2. The Bertz CT molecular complexity index is 567. The predicted molar refractivity (Wildman–Crippen MR) is 82.0 cm³/mol. The Morgan fingerprint density at radius 3 is 2.30 bits per heavy atom. The molecule has 0 aliphatic rings. The van der Waals surface area contributed by atoms with Gasteiger partial charge < -0.3 is 5.32 Å². The molecule has 0 aromatic heterocycles. The molecule has 20 heavy (non-hydrogen) atoms. The van der Waals surface area contributed by atoms with Gasteiger partial charge in [0, 0.05) is 6.54 Å². The number of benzene rings is 2. The van der Waals surface area contributed by atoms with Crippen molar-refractivity contribution in [3.8, 4) is 0 Å². The molecule has 2 rings (SSSR count). The molecule has 0 radical (unpaired) electrons. The van der Waals surface area contributed by atoms with Gasteiger partial charge in [0.05, 0.1) is 11.9 Å². The summed E-state index contributed by atoms with van der Waals surface area (Å²) < 4.78 is 0. The summed E-state index contributed by atoms with van der Waals surface area (Å²) in [5.41, 5.74) is 1.67. The molecule has 0 atom stereocenters. The van der Waals surface area contributed by atoms with Crippen LogP contribution in [0.25, 0.3) is 0 Å². The molecule has 0 fully saturated rings. The topological polar surface area (TPSA) is 44.7 Å². The van der Waals surface area contributed by atoms with Crippen LogP contribution in [0.1, 0.15) is 12.5 Å². The van der Waals surface area contributed by atoms with Crippen LogP contribution in [-0.4, -0.2) is 18.8 Å². The molecule has 4 heteroatoms. The smallest absolute Gasteiger partial charge is 0.336 e. The van der Waals surface area contributed by atoms with Gasteiger partial charge in [-0.05, 0) is 24.6 Å². The molecule has 0 aliphatic heterocycles. The van der Waals surface area contributed by atoms with E-state index in [1.165, 1.54) is 5.01 Å². The van der Waals surface area contributed by atoms with Gasteiger partial charge >= 0.3 is 6.03 Å². The summed E-state index contributed by atoms with van der Waals surface area (Å²) in [7, 11) is 0. The highest BCUT2D eigenvalue weighted by Gasteiger charge is 2.12. The Balaban J connectivity index is 2.23. The van der Waals surface area contributed by atoms with E-state index in [1.54, 1.807) is 6.21 Å². The minimum absolute atomic E-state index is 0.245. The van der Waals surface area contributed by atoms with Crippen molar-refractivity contribution >= 4 is 17.9 Å². The molecule has 102 valence electrons. The highest BCUT2D eigenvalue weighted by molar-refractivity contribution is 5.93. The van der Waals surface area contributed by atoms with E-state index in [4.69, 9.17) is 0 Å². The van der Waals surface area contributed by atoms with E-state index in [1.807, 2.05) is 67.6 Å². The highest BCUT2D eigenvalue weighted by atomic mass is 16.2. The number of hydrazone groups is 1. The zero-order chi connectivity index (χ0) is 14.2. The Morgan fingerprint density at radius 2 is 1.70 bits per heavy atom. The van der Waals surface area contributed by atoms with Crippen LogP contribution in [0, 0.1) is 0 Å². The molecule has 2 aromatic carbocycles. The molecule has 0 heterocycles. The number of hydrogen-bond donors (Lipinski definition) is 1. The first-order valence-corrected chi connectivity index (χ1v) is 6.53. The lowest BCUT2D eigenvalue weighted by Gasteiger charge is -2.17. The Labute approximate surface area is 118 Å². The Kier molecular flexibility index (Phi) is 4.89. The van der Waals surface area contributed by atoms with Crippen molar-refractivity contribution < 1.29 is 4.79 Å². The third kappa shape index (κ3) is 3.68. The van der Waals surface area contributed by atoms with Crippen LogP contribution in [0.2, 0.25) is 0 Å². The summed E-state index contributed by atoms with van der Waals surface area (Å²) in [6.07, 6.45) is 1.67. The van der Waals surface area contributed by atoms with Gasteiger partial charge in [-0.25, -0.2) is 4.79 Å². The third-order valence-electron chi connectivity index (χ3n) is 2.64. The zero-order valence-electron chi connectivity index (χ0n) is 11.4. The SMILES string of the molecule is CCNC(=O)N(/N=C/c1ccccc1)c1ccccc1. The minimum atomic E-state index is -0.245. The van der Waals surface area contributed by atoms with Gasteiger partial charge in [0.2, 0.25) is 0 Å². The van der Waals surface area contributed by atoms with Crippen molar-refractivity contribution in [2.24, 2.45) is 5.10 Å². The number of carbonyl (C=O) groups excluding carboxylic acids is 1. The lowest BCUT2D eigenvalue weighted by atomic mass is 10.2. The van der Waals surface area contributed by atoms with Gasteiger partial charge in [-0.15, -0.1) is 0 Å². The van der Waals surface area contributed by atoms with Crippen LogP contribution in [-0.2, 0) is 0 Å². The molecule has 0 unspecified atom stereocenters. The van der Waals surface area contributed by atoms with Crippen molar-refractivity contribution in [2.45, 2.75) is 6.92 Å². The van der Waals surface area contributed by atoms with Gasteiger partial charge in [-0.1, -0.05) is 48.5 Å². The first-order chi connectivity index (χ1) is 9.81. The highest BCUT2D eigenvalue weighted by Crippen LogP contribution is 2.13. The van der Waals surface area contributed by atoms with Crippen LogP contribution >= 0.6 is 0 Å². The number of hydrogen-bond acceptors (Lipinski definition) is 2. The molecule has 1 N–H and O–H groups in total. The molecule has 0 saturated carbocycles. The number of anilines is 1. The summed E-state index contributed by atoms with van der Waals surface area (Å²) in [6.45, 7) is 2.44. The van der Waals surface area contributed by atoms with E-state index in [-0.39, 0.29) is 6.03 Å². The number of nitrogens with zero attached hydrogens (tertiary/aromatic N) is 2. The molecular formula is C16H17N3O. The maximum atomic E-state index is 12.1. The lowest BCUT2D eigenvalue weighted by molar-refractivity contribution is 0.247. The van der Waals surface area contributed by atoms with E-state index in [2.05, 4.69) is 10.4 Å². The maximum absolute atomic E-state index is 12.1. The first kappa shape index (κ1) is 13.8. The lowest BCUT2D eigenvalue weighted by Crippen LogP contribution is -2.36. The van der Waals surface area contributed by atoms with Gasteiger partial charge in [0.1, 0.15) is 0 Å². The summed E-state index contributed by atoms with van der Waals surface area (Å²) in [5.74, 6) is 0. The third-order valence-corrected chi connectivity index (χ3v) is 2.64. The first-order valence-electron chi connectivity index (χ1n) is 6.53. The van der Waals surface area contributed by atoms with Crippen LogP contribution in [0.5, 0.6) is 0 Å². The fourth-order valence-corrected chi connectivity index (χ4v) is 1.70. The minimum Gasteiger partial charge on any atom is -0.336 e. The maximum Gasteiger partial charge on any atom is 0.342 e. The summed E-state index contributed by atoms with van der Waals surface area (Å²) in [4.78, 5) is 12.1. The average Bonchev–Trinajstić information content (AvgIpc) is 2.50. The number of nitrogens with one attached hydrogen (secondary N) is 1. The fraction of sp³-hybridized carbons (Fsp3) is 0.125. The molecule has 0 saturated heterocycles. The van der Waals surface area contributed by atoms with Gasteiger partial charge in [0.15, 0.2) is 0 Å². The summed E-state index contributed by atoms with van der Waals surface area (Å²) >= 11 is 0. The van der Waals surface area contributed by atoms with E-state index in [9.17, 15) is 4.79 Å². The number of rotatable bonds is 4. The standard InChI is InChI=1S/C16H17N3O/c1-2-17-16(20)19(15-11-7-4-8-12-15)18-13-14-9-5-3-6-10-14/h3-13H,2H2,1H3,(H,17,20)/b18-13+. The molecule has 2 amide bonds. The Hall–Kier alpha value is -2.62. The molecule has 0 aliphatic carbocycles. The normalized spacial score (nSPS) is 10.4. The largest absolute Gasteiger partial charge is 0.342 e. The van der Waals surface area contributed by atoms with Crippen LogP contribution < -0.4 is 10.3 Å². The molecule has 4 nitrogen and oxygen atoms in total. The molecule has 0 bridgehead atoms. The van der Waals surface area contributed by atoms with E-state index in [0.717, 1.165) is 11.3 Å². The second-order valence-corrected chi connectivity index (χ2v) is 4.14. The second kappa shape index (κ2) is 7.09. The molecule has 2 aromatic rings. The van der Waals surface area contributed by atoms with Gasteiger partial charge in [0.25, 0.3) is 0 Å². The van der Waals surface area contributed by atoms with Crippen molar-refractivity contribution in [2.75, 3.05) is 11.6 Å². The number of urea groups is 1. The van der Waals surface area contributed by atoms with Crippen molar-refractivity contribution in [3.05, 3.63) is 66.2 Å². The van der Waals surface area contributed by atoms with Crippen molar-refractivity contribution in [1.82, 2.24) is 5.32 Å². The predicted octanol–water partition coefficient (Wildman–Crippen LogP) is 3.26. The van der Waals surface area contributed by atoms with Crippen molar-refractivity contribution in [3.63, 3.8) is 0 Å². The average molecular weight is 267 g/mol. The van der Waals surface area contributed by atoms with E-state index in [0.29, 0.717) is 6.54 Å². The zero-order valence-corrected chi connectivity index (χ0v) is 11.4. The van der Waals surface area contributed by atoms with Crippen LogP contribution in [0.15, 0.2) is 65.8 Å². The monoisotopic (exact) mass is 267 g/mol. The number of carbonyl (C=O) groups is 1. The van der Waals surface area contributed by atoms with Crippen LogP contribution in [0.4, 0.5) is 10.5 Å². The van der Waals surface area contributed by atoms with E-state index >= 15 is 0 Å². The van der Waals surface area contributed by atoms with Gasteiger partial charge in [-0.2, -0.15) is 10.1 Å². The quantitative estimate of drug-likeness (QED) is 0.670. The van der Waals surface area contributed by atoms with Crippen molar-refractivity contribution in [1.29, 1.82) is 0 Å². The summed E-state index contributed by atoms with van der Waals surface area (Å²) in [6, 6.07) is 18.8.